The van der Waals surface area contributed by atoms with E-state index < -0.39 is 4.92 Å². The lowest BCUT2D eigenvalue weighted by Gasteiger charge is -2.18. The van der Waals surface area contributed by atoms with Gasteiger partial charge >= 0.3 is 0 Å². The molecule has 0 aliphatic carbocycles. The summed E-state index contributed by atoms with van der Waals surface area (Å²) in [5.74, 6) is 0.116. The highest BCUT2D eigenvalue weighted by Crippen LogP contribution is 2.36. The molecule has 0 unspecified atom stereocenters. The molecule has 1 amide bonds. The molecule has 0 aliphatic rings. The van der Waals surface area contributed by atoms with E-state index in [1.54, 1.807) is 12.1 Å². The summed E-state index contributed by atoms with van der Waals surface area (Å²) >= 11 is 0. The summed E-state index contributed by atoms with van der Waals surface area (Å²) in [4.78, 5) is 22.6. The van der Waals surface area contributed by atoms with Crippen LogP contribution in [0.4, 0.5) is 11.4 Å². The fourth-order valence-electron chi connectivity index (χ4n) is 2.57. The molecule has 0 saturated heterocycles. The molecule has 2 N–H and O–H groups in total. The van der Waals surface area contributed by atoms with E-state index in [-0.39, 0.29) is 29.2 Å². The molecule has 132 valence electrons. The average Bonchev–Trinajstić information content (AvgIpc) is 2.55. The lowest BCUT2D eigenvalue weighted by atomic mass is 9.93. The van der Waals surface area contributed by atoms with E-state index in [2.05, 4.69) is 5.32 Å². The van der Waals surface area contributed by atoms with Crippen molar-refractivity contribution in [3.05, 3.63) is 63.2 Å². The molecule has 0 aromatic heterocycles. The van der Waals surface area contributed by atoms with Gasteiger partial charge in [0.2, 0.25) is 0 Å². The van der Waals surface area contributed by atoms with E-state index in [0.717, 1.165) is 11.1 Å². The molecule has 0 fully saturated rings. The standard InChI is InChI=1S/C19H22N2O4/c1-11(2)16-9-14(10-17(12(3)4)18(16)22)20-19(23)13-5-7-15(8-6-13)21(24)25/h5-12,22H,1-4H3,(H,20,23). The van der Waals surface area contributed by atoms with E-state index >= 15 is 0 Å². The third kappa shape index (κ3) is 4.15. The number of aromatic hydroxyl groups is 1. The van der Waals surface area contributed by atoms with Crippen LogP contribution in [0.3, 0.4) is 0 Å². The number of nitro groups is 1. The normalized spacial score (nSPS) is 11.0. The van der Waals surface area contributed by atoms with Gasteiger partial charge < -0.3 is 10.4 Å². The molecule has 0 aliphatic heterocycles. The van der Waals surface area contributed by atoms with Gasteiger partial charge in [-0.1, -0.05) is 27.7 Å². The maximum atomic E-state index is 12.4. The summed E-state index contributed by atoms with van der Waals surface area (Å²) in [6.45, 7) is 7.89. The first kappa shape index (κ1) is 18.4. The first-order chi connectivity index (χ1) is 11.7. The van der Waals surface area contributed by atoms with Crippen molar-refractivity contribution in [1.82, 2.24) is 0 Å². The number of phenolic OH excluding ortho intramolecular Hbond substituents is 1. The van der Waals surface area contributed by atoms with Crippen LogP contribution in [0.5, 0.6) is 5.75 Å². The maximum absolute atomic E-state index is 12.4. The number of benzene rings is 2. The summed E-state index contributed by atoms with van der Waals surface area (Å²) in [6, 6.07) is 8.95. The fourth-order valence-corrected chi connectivity index (χ4v) is 2.57. The molecule has 0 heterocycles. The highest BCUT2D eigenvalue weighted by atomic mass is 16.6. The minimum atomic E-state index is -0.508. The SMILES string of the molecule is CC(C)c1cc(NC(=O)c2ccc([N+](=O)[O-])cc2)cc(C(C)C)c1O. The van der Waals surface area contributed by atoms with Crippen LogP contribution in [0.2, 0.25) is 0 Å². The zero-order valence-electron chi connectivity index (χ0n) is 14.7. The van der Waals surface area contributed by atoms with Gasteiger partial charge in [-0.05, 0) is 47.2 Å². The van der Waals surface area contributed by atoms with Gasteiger partial charge in [0.05, 0.1) is 4.92 Å². The van der Waals surface area contributed by atoms with Crippen molar-refractivity contribution in [3.8, 4) is 5.75 Å². The number of nitrogens with zero attached hydrogens (tertiary/aromatic N) is 1. The van der Waals surface area contributed by atoms with Crippen molar-refractivity contribution in [1.29, 1.82) is 0 Å². The van der Waals surface area contributed by atoms with Gasteiger partial charge in [-0.3, -0.25) is 14.9 Å². The predicted molar refractivity (Wildman–Crippen MR) is 97.3 cm³/mol. The molecular weight excluding hydrogens is 320 g/mol. The molecule has 0 bridgehead atoms. The Bertz CT molecular complexity index is 767. The van der Waals surface area contributed by atoms with Crippen LogP contribution in [-0.2, 0) is 0 Å². The van der Waals surface area contributed by atoms with Crippen LogP contribution in [0.1, 0.15) is 61.0 Å². The number of amides is 1. The Morgan fingerprint density at radius 1 is 1.04 bits per heavy atom. The molecule has 2 aromatic rings. The first-order valence-corrected chi connectivity index (χ1v) is 8.13. The Morgan fingerprint density at radius 3 is 1.92 bits per heavy atom. The number of carbonyl (C=O) groups excluding carboxylic acids is 1. The first-order valence-electron chi connectivity index (χ1n) is 8.13. The Morgan fingerprint density at radius 2 is 1.52 bits per heavy atom. The van der Waals surface area contributed by atoms with Crippen LogP contribution >= 0.6 is 0 Å². The third-order valence-corrected chi connectivity index (χ3v) is 4.01. The van der Waals surface area contributed by atoms with E-state index in [0.29, 0.717) is 11.3 Å². The van der Waals surface area contributed by atoms with Crippen molar-refractivity contribution in [2.75, 3.05) is 5.32 Å². The number of nitro benzene ring substituents is 1. The molecule has 6 heteroatoms. The van der Waals surface area contributed by atoms with Crippen molar-refractivity contribution in [2.45, 2.75) is 39.5 Å². The Hall–Kier alpha value is -2.89. The molecule has 0 spiro atoms. The van der Waals surface area contributed by atoms with E-state index in [4.69, 9.17) is 0 Å². The van der Waals surface area contributed by atoms with Gasteiger partial charge in [0.25, 0.3) is 11.6 Å². The average molecular weight is 342 g/mol. The van der Waals surface area contributed by atoms with Gasteiger partial charge in [-0.25, -0.2) is 0 Å². The van der Waals surface area contributed by atoms with Gasteiger partial charge in [0.1, 0.15) is 5.75 Å². The molecule has 0 radical (unpaired) electrons. The molecule has 0 saturated carbocycles. The Labute approximate surface area is 146 Å². The summed E-state index contributed by atoms with van der Waals surface area (Å²) in [5, 5.41) is 23.9. The van der Waals surface area contributed by atoms with Crippen molar-refractivity contribution in [2.24, 2.45) is 0 Å². The topological polar surface area (TPSA) is 92.5 Å². The molecule has 2 rings (SSSR count). The van der Waals surface area contributed by atoms with Gasteiger partial charge in [-0.2, -0.15) is 0 Å². The quantitative estimate of drug-likeness (QED) is 0.464. The second kappa shape index (κ2) is 7.34. The number of phenols is 1. The summed E-state index contributed by atoms with van der Waals surface area (Å²) in [5.41, 5.74) is 2.39. The molecule has 2 aromatic carbocycles. The number of hydrogen-bond acceptors (Lipinski definition) is 4. The van der Waals surface area contributed by atoms with Crippen molar-refractivity contribution in [3.63, 3.8) is 0 Å². The van der Waals surface area contributed by atoms with Crippen LogP contribution in [0.15, 0.2) is 36.4 Å². The lowest BCUT2D eigenvalue weighted by Crippen LogP contribution is -2.12. The number of hydrogen-bond donors (Lipinski definition) is 2. The largest absolute Gasteiger partial charge is 0.507 e. The fraction of sp³-hybridized carbons (Fsp3) is 0.316. The minimum absolute atomic E-state index is 0.0645. The molecule has 0 atom stereocenters. The van der Waals surface area contributed by atoms with E-state index in [9.17, 15) is 20.0 Å². The third-order valence-electron chi connectivity index (χ3n) is 4.01. The van der Waals surface area contributed by atoms with Gasteiger partial charge in [0.15, 0.2) is 0 Å². The number of nitrogens with one attached hydrogen (secondary N) is 1. The number of rotatable bonds is 5. The predicted octanol–water partition coefficient (Wildman–Crippen LogP) is 4.80. The van der Waals surface area contributed by atoms with Crippen LogP contribution in [-0.4, -0.2) is 15.9 Å². The lowest BCUT2D eigenvalue weighted by molar-refractivity contribution is -0.384. The Balaban J connectivity index is 2.32. The Kier molecular flexibility index (Phi) is 5.41. The number of anilines is 1. The van der Waals surface area contributed by atoms with Gasteiger partial charge in [0, 0.05) is 23.4 Å². The summed E-state index contributed by atoms with van der Waals surface area (Å²) < 4.78 is 0. The summed E-state index contributed by atoms with van der Waals surface area (Å²) in [6.07, 6.45) is 0. The zero-order chi connectivity index (χ0) is 18.7. The highest BCUT2D eigenvalue weighted by Gasteiger charge is 2.17. The van der Waals surface area contributed by atoms with Crippen molar-refractivity contribution >= 4 is 17.3 Å². The van der Waals surface area contributed by atoms with E-state index in [1.165, 1.54) is 24.3 Å². The maximum Gasteiger partial charge on any atom is 0.269 e. The number of carbonyl (C=O) groups is 1. The zero-order valence-corrected chi connectivity index (χ0v) is 14.7. The smallest absolute Gasteiger partial charge is 0.269 e. The highest BCUT2D eigenvalue weighted by molar-refractivity contribution is 6.04. The summed E-state index contributed by atoms with van der Waals surface area (Å²) in [7, 11) is 0. The van der Waals surface area contributed by atoms with E-state index in [1.807, 2.05) is 27.7 Å². The van der Waals surface area contributed by atoms with Crippen LogP contribution in [0, 0.1) is 10.1 Å². The molecule has 6 nitrogen and oxygen atoms in total. The van der Waals surface area contributed by atoms with Gasteiger partial charge in [-0.15, -0.1) is 0 Å². The second-order valence-electron chi connectivity index (χ2n) is 6.57. The molecule has 25 heavy (non-hydrogen) atoms. The number of non-ortho nitro benzene ring substituents is 1. The molecular formula is C19H22N2O4. The second-order valence-corrected chi connectivity index (χ2v) is 6.57. The van der Waals surface area contributed by atoms with Crippen molar-refractivity contribution < 1.29 is 14.8 Å². The van der Waals surface area contributed by atoms with Crippen LogP contribution < -0.4 is 5.32 Å². The minimum Gasteiger partial charge on any atom is -0.507 e. The van der Waals surface area contributed by atoms with Crippen LogP contribution in [0.25, 0.3) is 0 Å². The monoisotopic (exact) mass is 342 g/mol.